The van der Waals surface area contributed by atoms with Crippen molar-refractivity contribution in [2.45, 2.75) is 69.7 Å². The lowest BCUT2D eigenvalue weighted by Gasteiger charge is -2.28. The largest absolute Gasteiger partial charge is 0.378 e. The Hall–Kier alpha value is -0.590. The van der Waals surface area contributed by atoms with Crippen LogP contribution in [0, 0.1) is 16.7 Å². The first kappa shape index (κ1) is 11.5. The number of nitrogens with zero attached hydrogens (tertiary/aromatic N) is 1. The molecule has 3 rings (SSSR count). The van der Waals surface area contributed by atoms with E-state index in [1.807, 2.05) is 0 Å². The van der Waals surface area contributed by atoms with Crippen LogP contribution in [-0.4, -0.2) is 24.9 Å². The average molecular weight is 235 g/mol. The van der Waals surface area contributed by atoms with Crippen LogP contribution in [0.2, 0.25) is 0 Å². The zero-order valence-corrected chi connectivity index (χ0v) is 10.4. The minimum atomic E-state index is -0.165. The lowest BCUT2D eigenvalue weighted by Crippen LogP contribution is -2.31. The van der Waals surface area contributed by atoms with E-state index in [0.29, 0.717) is 12.2 Å². The summed E-state index contributed by atoms with van der Waals surface area (Å²) in [5.41, 5.74) is -0.165. The van der Waals surface area contributed by atoms with Crippen molar-refractivity contribution in [2.75, 3.05) is 6.61 Å². The molecule has 3 heterocycles. The summed E-state index contributed by atoms with van der Waals surface area (Å²) in [5.74, 6) is 0. The number of ether oxygens (including phenoxy) is 2. The molecule has 2 bridgehead atoms. The molecule has 94 valence electrons. The van der Waals surface area contributed by atoms with Crippen molar-refractivity contribution in [3.05, 3.63) is 0 Å². The standard InChI is InChI=1S/C14H21NO2/c15-10-14(9-12-5-6-13(14)17-12)7-1-3-11-4-2-8-16-11/h11-13H,1-9H2. The van der Waals surface area contributed by atoms with Crippen molar-refractivity contribution >= 4 is 0 Å². The third-order valence-electron chi connectivity index (χ3n) is 4.71. The third-order valence-corrected chi connectivity index (χ3v) is 4.71. The Morgan fingerprint density at radius 2 is 2.24 bits per heavy atom. The van der Waals surface area contributed by atoms with E-state index in [0.717, 1.165) is 38.7 Å². The summed E-state index contributed by atoms with van der Waals surface area (Å²) in [6.45, 7) is 0.932. The number of hydrogen-bond acceptors (Lipinski definition) is 3. The van der Waals surface area contributed by atoms with Gasteiger partial charge in [0, 0.05) is 6.61 Å². The minimum Gasteiger partial charge on any atom is -0.378 e. The molecule has 4 atom stereocenters. The Labute approximate surface area is 103 Å². The van der Waals surface area contributed by atoms with Gasteiger partial charge in [-0.2, -0.15) is 5.26 Å². The van der Waals surface area contributed by atoms with Gasteiger partial charge in [0.05, 0.1) is 29.8 Å². The van der Waals surface area contributed by atoms with Crippen molar-refractivity contribution in [2.24, 2.45) is 5.41 Å². The highest BCUT2D eigenvalue weighted by molar-refractivity contribution is 5.12. The zero-order chi connectivity index (χ0) is 11.7. The van der Waals surface area contributed by atoms with Crippen LogP contribution in [-0.2, 0) is 9.47 Å². The van der Waals surface area contributed by atoms with Crippen LogP contribution in [0.5, 0.6) is 0 Å². The second-order valence-corrected chi connectivity index (χ2v) is 5.82. The Balaban J connectivity index is 1.51. The van der Waals surface area contributed by atoms with E-state index in [2.05, 4.69) is 6.07 Å². The summed E-state index contributed by atoms with van der Waals surface area (Å²) in [5, 5.41) is 9.47. The van der Waals surface area contributed by atoms with E-state index in [-0.39, 0.29) is 11.5 Å². The van der Waals surface area contributed by atoms with Crippen LogP contribution in [0.25, 0.3) is 0 Å². The SMILES string of the molecule is N#CC1(CCCC2CCCO2)CC2CCC1O2. The Bertz CT molecular complexity index is 319. The summed E-state index contributed by atoms with van der Waals surface area (Å²) in [4.78, 5) is 0. The van der Waals surface area contributed by atoms with Crippen LogP contribution in [0.4, 0.5) is 0 Å². The fraction of sp³-hybridized carbons (Fsp3) is 0.929. The van der Waals surface area contributed by atoms with Gasteiger partial charge in [0.2, 0.25) is 0 Å². The number of rotatable bonds is 4. The van der Waals surface area contributed by atoms with Crippen molar-refractivity contribution in [1.29, 1.82) is 5.26 Å². The smallest absolute Gasteiger partial charge is 0.0859 e. The monoisotopic (exact) mass is 235 g/mol. The first-order valence-electron chi connectivity index (χ1n) is 7.01. The van der Waals surface area contributed by atoms with Gasteiger partial charge < -0.3 is 9.47 Å². The molecule has 3 fully saturated rings. The maximum atomic E-state index is 9.47. The van der Waals surface area contributed by atoms with Crippen molar-refractivity contribution in [3.63, 3.8) is 0 Å². The first-order valence-corrected chi connectivity index (χ1v) is 7.01. The van der Waals surface area contributed by atoms with Crippen LogP contribution in [0.15, 0.2) is 0 Å². The Morgan fingerprint density at radius 3 is 2.82 bits per heavy atom. The molecule has 0 N–H and O–H groups in total. The topological polar surface area (TPSA) is 42.2 Å². The van der Waals surface area contributed by atoms with Gasteiger partial charge in [0.25, 0.3) is 0 Å². The fourth-order valence-electron chi connectivity index (χ4n) is 3.75. The summed E-state index contributed by atoms with van der Waals surface area (Å²) < 4.78 is 11.5. The van der Waals surface area contributed by atoms with Gasteiger partial charge in [-0.15, -0.1) is 0 Å². The van der Waals surface area contributed by atoms with Crippen LogP contribution in [0.3, 0.4) is 0 Å². The molecule has 3 aliphatic heterocycles. The lowest BCUT2D eigenvalue weighted by atomic mass is 9.72. The first-order chi connectivity index (χ1) is 8.32. The molecule has 17 heavy (non-hydrogen) atoms. The maximum Gasteiger partial charge on any atom is 0.0859 e. The summed E-state index contributed by atoms with van der Waals surface area (Å²) in [6.07, 6.45) is 9.97. The van der Waals surface area contributed by atoms with E-state index >= 15 is 0 Å². The molecule has 0 spiro atoms. The zero-order valence-electron chi connectivity index (χ0n) is 10.4. The van der Waals surface area contributed by atoms with Crippen molar-refractivity contribution in [1.82, 2.24) is 0 Å². The molecule has 0 aliphatic carbocycles. The lowest BCUT2D eigenvalue weighted by molar-refractivity contribution is 0.0703. The summed E-state index contributed by atoms with van der Waals surface area (Å²) >= 11 is 0. The van der Waals surface area contributed by atoms with E-state index in [1.54, 1.807) is 0 Å². The molecular weight excluding hydrogens is 214 g/mol. The predicted octanol–water partition coefficient (Wildman–Crippen LogP) is 2.80. The third kappa shape index (κ3) is 2.09. The normalized spacial score (nSPS) is 44.1. The molecule has 0 aromatic rings. The van der Waals surface area contributed by atoms with Crippen LogP contribution >= 0.6 is 0 Å². The molecule has 3 saturated heterocycles. The van der Waals surface area contributed by atoms with E-state index in [4.69, 9.17) is 9.47 Å². The summed E-state index contributed by atoms with van der Waals surface area (Å²) in [6, 6.07) is 2.57. The molecule has 3 nitrogen and oxygen atoms in total. The highest BCUT2D eigenvalue weighted by atomic mass is 16.5. The summed E-state index contributed by atoms with van der Waals surface area (Å²) in [7, 11) is 0. The van der Waals surface area contributed by atoms with E-state index in [9.17, 15) is 5.26 Å². The van der Waals surface area contributed by atoms with Crippen molar-refractivity contribution < 1.29 is 9.47 Å². The molecule has 0 saturated carbocycles. The quantitative estimate of drug-likeness (QED) is 0.752. The molecule has 0 radical (unpaired) electrons. The van der Waals surface area contributed by atoms with Gasteiger partial charge in [-0.05, 0) is 51.4 Å². The maximum absolute atomic E-state index is 9.47. The number of hydrogen-bond donors (Lipinski definition) is 0. The number of nitriles is 1. The minimum absolute atomic E-state index is 0.165. The molecule has 0 amide bonds. The highest BCUT2D eigenvalue weighted by Crippen LogP contribution is 2.50. The number of fused-ring (bicyclic) bond motifs is 2. The van der Waals surface area contributed by atoms with Gasteiger partial charge in [0.15, 0.2) is 0 Å². The average Bonchev–Trinajstić information content (AvgIpc) is 3.04. The fourth-order valence-corrected chi connectivity index (χ4v) is 3.75. The van der Waals surface area contributed by atoms with Gasteiger partial charge in [-0.3, -0.25) is 0 Å². The van der Waals surface area contributed by atoms with E-state index < -0.39 is 0 Å². The van der Waals surface area contributed by atoms with Crippen LogP contribution in [0.1, 0.15) is 51.4 Å². The molecule has 0 aromatic carbocycles. The molecule has 3 aliphatic rings. The van der Waals surface area contributed by atoms with Gasteiger partial charge in [-0.1, -0.05) is 0 Å². The predicted molar refractivity (Wildman–Crippen MR) is 63.4 cm³/mol. The molecule has 4 unspecified atom stereocenters. The molecular formula is C14H21NO2. The molecule has 0 aromatic heterocycles. The second kappa shape index (κ2) is 4.59. The molecule has 3 heteroatoms. The van der Waals surface area contributed by atoms with E-state index in [1.165, 1.54) is 19.3 Å². The van der Waals surface area contributed by atoms with Gasteiger partial charge in [-0.25, -0.2) is 0 Å². The Morgan fingerprint density at radius 1 is 1.29 bits per heavy atom. The Kier molecular flexibility index (Phi) is 3.10. The van der Waals surface area contributed by atoms with Crippen LogP contribution < -0.4 is 0 Å². The second-order valence-electron chi connectivity index (χ2n) is 5.82. The van der Waals surface area contributed by atoms with Gasteiger partial charge >= 0.3 is 0 Å². The van der Waals surface area contributed by atoms with Gasteiger partial charge in [0.1, 0.15) is 0 Å². The highest BCUT2D eigenvalue weighted by Gasteiger charge is 2.52. The van der Waals surface area contributed by atoms with Crippen molar-refractivity contribution in [3.8, 4) is 6.07 Å².